The Morgan fingerprint density at radius 2 is 2.23 bits per heavy atom. The number of rotatable bonds is 5. The first-order chi connectivity index (χ1) is 6.36. The molecule has 1 N–H and O–H groups in total. The first-order valence-electron chi connectivity index (χ1n) is 3.95. The molecule has 0 saturated heterocycles. The zero-order chi connectivity index (χ0) is 9.52. The molecule has 0 aliphatic heterocycles. The van der Waals surface area contributed by atoms with Crippen molar-refractivity contribution >= 4 is 29.3 Å². The average Bonchev–Trinajstić information content (AvgIpc) is 2.19. The molecule has 0 amide bonds. The number of hydrogen-bond donors (Lipinski definition) is 1. The smallest absolute Gasteiger partial charge is 0.130 e. The third-order valence-electron chi connectivity index (χ3n) is 1.46. The quantitative estimate of drug-likeness (QED) is 0.462. The first-order valence-corrected chi connectivity index (χ1v) is 6.57. The van der Waals surface area contributed by atoms with Crippen molar-refractivity contribution in [2.45, 2.75) is 5.03 Å². The minimum Gasteiger partial charge on any atom is -0.369 e. The van der Waals surface area contributed by atoms with E-state index in [1.54, 1.807) is 18.1 Å². The summed E-state index contributed by atoms with van der Waals surface area (Å²) in [5, 5.41) is 4.24. The normalized spacial score (nSPS) is 10.0. The van der Waals surface area contributed by atoms with Crippen LogP contribution in [0.5, 0.6) is 0 Å². The molecule has 0 aliphatic rings. The maximum absolute atomic E-state index is 4.11. The zero-order valence-corrected chi connectivity index (χ0v) is 9.41. The fourth-order valence-electron chi connectivity index (χ4n) is 0.829. The van der Waals surface area contributed by atoms with Crippen LogP contribution in [0.3, 0.4) is 0 Å². The fourth-order valence-corrected chi connectivity index (χ4v) is 1.52. The van der Waals surface area contributed by atoms with E-state index in [1.165, 1.54) is 0 Å². The van der Waals surface area contributed by atoms with Crippen LogP contribution in [0.1, 0.15) is 0 Å². The Hall–Kier alpha value is -0.420. The first kappa shape index (κ1) is 10.7. The van der Waals surface area contributed by atoms with Crippen molar-refractivity contribution in [2.24, 2.45) is 0 Å². The summed E-state index contributed by atoms with van der Waals surface area (Å²) in [5.74, 6) is 2.01. The van der Waals surface area contributed by atoms with Gasteiger partial charge in [0.15, 0.2) is 0 Å². The molecule has 0 saturated carbocycles. The number of aromatic nitrogens is 2. The van der Waals surface area contributed by atoms with Gasteiger partial charge in [0.2, 0.25) is 0 Å². The van der Waals surface area contributed by atoms with Crippen molar-refractivity contribution in [1.29, 1.82) is 0 Å². The minimum atomic E-state index is 0.911. The molecule has 1 aromatic rings. The van der Waals surface area contributed by atoms with Gasteiger partial charge in [0, 0.05) is 18.4 Å². The lowest BCUT2D eigenvalue weighted by Gasteiger charge is -2.04. The topological polar surface area (TPSA) is 37.8 Å². The Kier molecular flexibility index (Phi) is 5.00. The SMILES string of the molecule is CSCCNc1cc(SC)ncn1. The molecule has 1 rings (SSSR count). The number of nitrogens with zero attached hydrogens (tertiary/aromatic N) is 2. The van der Waals surface area contributed by atoms with E-state index in [-0.39, 0.29) is 0 Å². The third kappa shape index (κ3) is 3.87. The molecular formula is C8H13N3S2. The average molecular weight is 215 g/mol. The predicted molar refractivity (Wildman–Crippen MR) is 60.7 cm³/mol. The Morgan fingerprint density at radius 3 is 2.92 bits per heavy atom. The van der Waals surface area contributed by atoms with E-state index in [9.17, 15) is 0 Å². The Balaban J connectivity index is 2.46. The molecule has 3 nitrogen and oxygen atoms in total. The molecule has 0 atom stereocenters. The van der Waals surface area contributed by atoms with Crippen LogP contribution < -0.4 is 5.32 Å². The van der Waals surface area contributed by atoms with E-state index in [1.807, 2.05) is 24.1 Å². The van der Waals surface area contributed by atoms with Gasteiger partial charge < -0.3 is 5.32 Å². The molecule has 0 fully saturated rings. The molecule has 1 heterocycles. The fraction of sp³-hybridized carbons (Fsp3) is 0.500. The lowest BCUT2D eigenvalue weighted by Crippen LogP contribution is -2.05. The molecule has 0 unspecified atom stereocenters. The maximum Gasteiger partial charge on any atom is 0.130 e. The van der Waals surface area contributed by atoms with Crippen molar-refractivity contribution < 1.29 is 0 Å². The second-order valence-corrected chi connectivity index (χ2v) is 4.18. The van der Waals surface area contributed by atoms with Gasteiger partial charge in [-0.2, -0.15) is 11.8 Å². The second-order valence-electron chi connectivity index (χ2n) is 2.37. The van der Waals surface area contributed by atoms with Crippen LogP contribution >= 0.6 is 23.5 Å². The molecule has 0 spiro atoms. The molecule has 5 heteroatoms. The van der Waals surface area contributed by atoms with Crippen molar-refractivity contribution in [3.8, 4) is 0 Å². The molecule has 0 aromatic carbocycles. The van der Waals surface area contributed by atoms with Gasteiger partial charge in [-0.25, -0.2) is 9.97 Å². The summed E-state index contributed by atoms with van der Waals surface area (Å²) in [5.41, 5.74) is 0. The molecule has 0 bridgehead atoms. The van der Waals surface area contributed by atoms with E-state index in [2.05, 4.69) is 21.5 Å². The van der Waals surface area contributed by atoms with Gasteiger partial charge >= 0.3 is 0 Å². The molecule has 1 aromatic heterocycles. The van der Waals surface area contributed by atoms with Crippen molar-refractivity contribution in [3.63, 3.8) is 0 Å². The summed E-state index contributed by atoms with van der Waals surface area (Å²) in [4.78, 5) is 8.21. The van der Waals surface area contributed by atoms with Crippen LogP contribution in [-0.2, 0) is 0 Å². The molecule has 0 radical (unpaired) electrons. The number of hydrogen-bond acceptors (Lipinski definition) is 5. The van der Waals surface area contributed by atoms with Crippen LogP contribution in [0.2, 0.25) is 0 Å². The van der Waals surface area contributed by atoms with E-state index < -0.39 is 0 Å². The Bertz CT molecular complexity index is 255. The van der Waals surface area contributed by atoms with E-state index >= 15 is 0 Å². The summed E-state index contributed by atoms with van der Waals surface area (Å²) < 4.78 is 0. The summed E-state index contributed by atoms with van der Waals surface area (Å²) in [6.45, 7) is 0.950. The monoisotopic (exact) mass is 215 g/mol. The van der Waals surface area contributed by atoms with Crippen LogP contribution in [0.4, 0.5) is 5.82 Å². The summed E-state index contributed by atoms with van der Waals surface area (Å²) in [6.07, 6.45) is 5.69. The second kappa shape index (κ2) is 6.10. The number of anilines is 1. The third-order valence-corrected chi connectivity index (χ3v) is 2.72. The predicted octanol–water partition coefficient (Wildman–Crippen LogP) is 1.97. The summed E-state index contributed by atoms with van der Waals surface area (Å²) in [7, 11) is 0. The largest absolute Gasteiger partial charge is 0.369 e. The van der Waals surface area contributed by atoms with Gasteiger partial charge in [-0.3, -0.25) is 0 Å². The van der Waals surface area contributed by atoms with Crippen LogP contribution in [0.15, 0.2) is 17.4 Å². The van der Waals surface area contributed by atoms with Gasteiger partial charge in [-0.05, 0) is 12.5 Å². The zero-order valence-electron chi connectivity index (χ0n) is 7.78. The highest BCUT2D eigenvalue weighted by Gasteiger charge is 1.95. The van der Waals surface area contributed by atoms with Crippen molar-refractivity contribution in [3.05, 3.63) is 12.4 Å². The van der Waals surface area contributed by atoms with Gasteiger partial charge in [0.1, 0.15) is 17.2 Å². The van der Waals surface area contributed by atoms with Crippen LogP contribution in [0, 0.1) is 0 Å². The lowest BCUT2D eigenvalue weighted by molar-refractivity contribution is 1.03. The van der Waals surface area contributed by atoms with Crippen LogP contribution in [-0.4, -0.2) is 34.8 Å². The number of thioether (sulfide) groups is 2. The van der Waals surface area contributed by atoms with E-state index in [0.717, 1.165) is 23.1 Å². The summed E-state index contributed by atoms with van der Waals surface area (Å²) in [6, 6.07) is 1.96. The van der Waals surface area contributed by atoms with Crippen molar-refractivity contribution in [2.75, 3.05) is 30.1 Å². The van der Waals surface area contributed by atoms with Crippen molar-refractivity contribution in [1.82, 2.24) is 9.97 Å². The molecule has 72 valence electrons. The summed E-state index contributed by atoms with van der Waals surface area (Å²) >= 11 is 3.45. The molecular weight excluding hydrogens is 202 g/mol. The molecule has 0 aliphatic carbocycles. The highest BCUT2D eigenvalue weighted by molar-refractivity contribution is 7.98. The standard InChI is InChI=1S/C8H13N3S2/c1-12-4-3-9-7-5-8(13-2)11-6-10-7/h5-6H,3-4H2,1-2H3,(H,9,10,11). The van der Waals surface area contributed by atoms with E-state index in [4.69, 9.17) is 0 Å². The van der Waals surface area contributed by atoms with Gasteiger partial charge in [0.05, 0.1) is 0 Å². The highest BCUT2D eigenvalue weighted by Crippen LogP contribution is 2.13. The van der Waals surface area contributed by atoms with E-state index in [0.29, 0.717) is 0 Å². The van der Waals surface area contributed by atoms with Crippen LogP contribution in [0.25, 0.3) is 0 Å². The van der Waals surface area contributed by atoms with Gasteiger partial charge in [0.25, 0.3) is 0 Å². The lowest BCUT2D eigenvalue weighted by atomic mass is 10.5. The Morgan fingerprint density at radius 1 is 1.38 bits per heavy atom. The highest BCUT2D eigenvalue weighted by atomic mass is 32.2. The maximum atomic E-state index is 4.11. The van der Waals surface area contributed by atoms with Gasteiger partial charge in [-0.15, -0.1) is 11.8 Å². The van der Waals surface area contributed by atoms with Gasteiger partial charge in [-0.1, -0.05) is 0 Å². The number of nitrogens with one attached hydrogen (secondary N) is 1. The minimum absolute atomic E-state index is 0.911. The Labute approximate surface area is 87.1 Å². The molecule has 13 heavy (non-hydrogen) atoms.